The van der Waals surface area contributed by atoms with Gasteiger partial charge in [-0.2, -0.15) is 0 Å². The Morgan fingerprint density at radius 3 is 2.86 bits per heavy atom. The van der Waals surface area contributed by atoms with Crippen molar-refractivity contribution in [2.45, 2.75) is 26.8 Å². The summed E-state index contributed by atoms with van der Waals surface area (Å²) < 4.78 is 7.01. The van der Waals surface area contributed by atoms with Crippen molar-refractivity contribution < 1.29 is 9.53 Å². The van der Waals surface area contributed by atoms with E-state index in [1.54, 1.807) is 12.1 Å². The fourth-order valence-electron chi connectivity index (χ4n) is 1.61. The minimum Gasteiger partial charge on any atom is -0.484 e. The molecule has 7 heteroatoms. The summed E-state index contributed by atoms with van der Waals surface area (Å²) in [5.74, 6) is 0.844. The number of amides is 1. The molecule has 0 aliphatic heterocycles. The van der Waals surface area contributed by atoms with E-state index in [1.165, 1.54) is 11.0 Å². The van der Waals surface area contributed by atoms with Crippen LogP contribution in [0.4, 0.5) is 0 Å². The maximum atomic E-state index is 11.8. The summed E-state index contributed by atoms with van der Waals surface area (Å²) in [6.07, 6.45) is 1.50. The molecule has 7 nitrogen and oxygen atoms in total. The average molecular weight is 289 g/mol. The molecule has 1 amide bonds. The van der Waals surface area contributed by atoms with Crippen LogP contribution in [0, 0.1) is 5.92 Å². The molecule has 0 saturated heterocycles. The number of tetrazole rings is 1. The highest BCUT2D eigenvalue weighted by Crippen LogP contribution is 2.15. The lowest BCUT2D eigenvalue weighted by Gasteiger charge is -2.17. The van der Waals surface area contributed by atoms with E-state index in [1.807, 2.05) is 19.1 Å². The number of rotatable bonds is 6. The van der Waals surface area contributed by atoms with Gasteiger partial charge in [0.25, 0.3) is 5.91 Å². The van der Waals surface area contributed by atoms with Crippen LogP contribution in [0.5, 0.6) is 5.75 Å². The monoisotopic (exact) mass is 289 g/mol. The summed E-state index contributed by atoms with van der Waals surface area (Å²) in [6, 6.07) is 7.35. The van der Waals surface area contributed by atoms with Crippen molar-refractivity contribution >= 4 is 5.91 Å². The van der Waals surface area contributed by atoms with Crippen LogP contribution in [-0.4, -0.2) is 38.8 Å². The van der Waals surface area contributed by atoms with Gasteiger partial charge in [-0.25, -0.2) is 4.68 Å². The van der Waals surface area contributed by atoms with Crippen LogP contribution in [0.1, 0.15) is 20.8 Å². The summed E-state index contributed by atoms with van der Waals surface area (Å²) >= 11 is 0. The number of nitrogens with zero attached hydrogens (tertiary/aromatic N) is 4. The molecule has 0 radical (unpaired) electrons. The number of carbonyl (C=O) groups is 1. The molecule has 1 N–H and O–H groups in total. The molecular formula is C14H19N5O2. The second-order valence-electron chi connectivity index (χ2n) is 5.14. The van der Waals surface area contributed by atoms with Gasteiger partial charge in [-0.15, -0.1) is 5.10 Å². The number of hydrogen-bond donors (Lipinski definition) is 1. The fraction of sp³-hybridized carbons (Fsp3) is 0.429. The molecule has 0 spiro atoms. The summed E-state index contributed by atoms with van der Waals surface area (Å²) in [5.41, 5.74) is 0.772. The van der Waals surface area contributed by atoms with Crippen molar-refractivity contribution in [2.24, 2.45) is 5.92 Å². The lowest BCUT2D eigenvalue weighted by Crippen LogP contribution is -2.38. The Hall–Kier alpha value is -2.44. The number of ether oxygens (including phenoxy) is 1. The maximum Gasteiger partial charge on any atom is 0.258 e. The molecule has 0 fully saturated rings. The average Bonchev–Trinajstić information content (AvgIpc) is 2.99. The number of aromatic nitrogens is 4. The minimum atomic E-state index is -0.135. The molecule has 112 valence electrons. The molecule has 0 aliphatic rings. The van der Waals surface area contributed by atoms with E-state index in [9.17, 15) is 4.79 Å². The first-order valence-corrected chi connectivity index (χ1v) is 6.82. The van der Waals surface area contributed by atoms with Crippen LogP contribution in [0.2, 0.25) is 0 Å². The Balaban J connectivity index is 1.92. The highest BCUT2D eigenvalue weighted by molar-refractivity contribution is 5.77. The van der Waals surface area contributed by atoms with Crippen molar-refractivity contribution in [1.29, 1.82) is 0 Å². The Morgan fingerprint density at radius 2 is 2.19 bits per heavy atom. The smallest absolute Gasteiger partial charge is 0.258 e. The quantitative estimate of drug-likeness (QED) is 0.864. The van der Waals surface area contributed by atoms with Crippen molar-refractivity contribution in [1.82, 2.24) is 25.5 Å². The van der Waals surface area contributed by atoms with E-state index >= 15 is 0 Å². The van der Waals surface area contributed by atoms with Crippen LogP contribution in [0.15, 0.2) is 30.6 Å². The second-order valence-corrected chi connectivity index (χ2v) is 5.14. The first-order chi connectivity index (χ1) is 10.1. The molecule has 0 saturated carbocycles. The molecule has 1 aromatic carbocycles. The van der Waals surface area contributed by atoms with Crippen LogP contribution in [0.25, 0.3) is 5.69 Å². The van der Waals surface area contributed by atoms with E-state index in [2.05, 4.69) is 34.7 Å². The Morgan fingerprint density at radius 1 is 1.38 bits per heavy atom. The van der Waals surface area contributed by atoms with Gasteiger partial charge in [-0.1, -0.05) is 19.9 Å². The van der Waals surface area contributed by atoms with Crippen LogP contribution in [-0.2, 0) is 4.79 Å². The third-order valence-electron chi connectivity index (χ3n) is 3.19. The van der Waals surface area contributed by atoms with Gasteiger partial charge < -0.3 is 10.1 Å². The van der Waals surface area contributed by atoms with E-state index in [-0.39, 0.29) is 18.6 Å². The molecule has 2 rings (SSSR count). The second kappa shape index (κ2) is 6.83. The lowest BCUT2D eigenvalue weighted by atomic mass is 10.1. The van der Waals surface area contributed by atoms with Gasteiger partial charge in [0.1, 0.15) is 12.1 Å². The van der Waals surface area contributed by atoms with Gasteiger partial charge in [0.05, 0.1) is 5.69 Å². The van der Waals surface area contributed by atoms with Crippen molar-refractivity contribution in [3.05, 3.63) is 30.6 Å². The third kappa shape index (κ3) is 4.27. The first kappa shape index (κ1) is 15.0. The number of carbonyl (C=O) groups excluding carboxylic acids is 1. The Bertz CT molecular complexity index is 583. The molecule has 1 aromatic heterocycles. The van der Waals surface area contributed by atoms with Crippen LogP contribution >= 0.6 is 0 Å². The van der Waals surface area contributed by atoms with Crippen molar-refractivity contribution in [3.63, 3.8) is 0 Å². The van der Waals surface area contributed by atoms with Crippen molar-refractivity contribution in [2.75, 3.05) is 6.61 Å². The van der Waals surface area contributed by atoms with Gasteiger partial charge in [0.2, 0.25) is 0 Å². The largest absolute Gasteiger partial charge is 0.484 e. The van der Waals surface area contributed by atoms with Gasteiger partial charge in [-0.3, -0.25) is 4.79 Å². The van der Waals surface area contributed by atoms with E-state index in [0.29, 0.717) is 11.7 Å². The molecule has 2 aromatic rings. The van der Waals surface area contributed by atoms with Crippen molar-refractivity contribution in [3.8, 4) is 11.4 Å². The van der Waals surface area contributed by atoms with Crippen LogP contribution < -0.4 is 10.1 Å². The zero-order chi connectivity index (χ0) is 15.2. The summed E-state index contributed by atoms with van der Waals surface area (Å²) in [4.78, 5) is 11.8. The molecule has 1 heterocycles. The third-order valence-corrected chi connectivity index (χ3v) is 3.19. The zero-order valence-electron chi connectivity index (χ0n) is 12.4. The predicted octanol–water partition coefficient (Wildman–Crippen LogP) is 1.20. The normalized spacial score (nSPS) is 12.2. The molecule has 0 unspecified atom stereocenters. The molecule has 0 bridgehead atoms. The van der Waals surface area contributed by atoms with Crippen LogP contribution in [0.3, 0.4) is 0 Å². The molecule has 1 atom stereocenters. The predicted molar refractivity (Wildman–Crippen MR) is 77.1 cm³/mol. The topological polar surface area (TPSA) is 81.9 Å². The number of nitrogens with one attached hydrogen (secondary N) is 1. The maximum absolute atomic E-state index is 11.8. The summed E-state index contributed by atoms with van der Waals surface area (Å²) in [6.45, 7) is 6.07. The van der Waals surface area contributed by atoms with E-state index in [0.717, 1.165) is 5.69 Å². The Labute approximate surface area is 123 Å². The highest BCUT2D eigenvalue weighted by atomic mass is 16.5. The van der Waals surface area contributed by atoms with E-state index < -0.39 is 0 Å². The number of hydrogen-bond acceptors (Lipinski definition) is 5. The van der Waals surface area contributed by atoms with Gasteiger partial charge in [-0.05, 0) is 35.4 Å². The SMILES string of the molecule is CC(C)[C@@H](C)NC(=O)COc1cccc(-n2cnnn2)c1. The van der Waals surface area contributed by atoms with E-state index in [4.69, 9.17) is 4.74 Å². The zero-order valence-corrected chi connectivity index (χ0v) is 12.4. The van der Waals surface area contributed by atoms with Gasteiger partial charge in [0, 0.05) is 12.1 Å². The number of benzene rings is 1. The standard InChI is InChI=1S/C14H19N5O2/c1-10(2)11(3)16-14(20)8-21-13-6-4-5-12(7-13)19-9-15-17-18-19/h4-7,9-11H,8H2,1-3H3,(H,16,20)/t11-/m1/s1. The molecular weight excluding hydrogens is 270 g/mol. The molecule has 21 heavy (non-hydrogen) atoms. The molecule has 0 aliphatic carbocycles. The highest BCUT2D eigenvalue weighted by Gasteiger charge is 2.11. The Kier molecular flexibility index (Phi) is 4.86. The summed E-state index contributed by atoms with van der Waals surface area (Å²) in [5, 5.41) is 13.9. The van der Waals surface area contributed by atoms with Gasteiger partial charge in [0.15, 0.2) is 6.61 Å². The minimum absolute atomic E-state index is 0.0177. The first-order valence-electron chi connectivity index (χ1n) is 6.82. The summed E-state index contributed by atoms with van der Waals surface area (Å²) in [7, 11) is 0. The lowest BCUT2D eigenvalue weighted by molar-refractivity contribution is -0.124. The van der Waals surface area contributed by atoms with Gasteiger partial charge >= 0.3 is 0 Å². The fourth-order valence-corrected chi connectivity index (χ4v) is 1.61.